The molecule has 0 saturated carbocycles. The molecule has 1 aliphatic rings. The quantitative estimate of drug-likeness (QED) is 0.402. The summed E-state index contributed by atoms with van der Waals surface area (Å²) in [5.41, 5.74) is -2.20. The molecule has 1 unspecified atom stereocenters. The summed E-state index contributed by atoms with van der Waals surface area (Å²) in [5.74, 6) is -1.63. The highest BCUT2D eigenvalue weighted by molar-refractivity contribution is 9.10. The number of ketones is 1. The van der Waals surface area contributed by atoms with Crippen molar-refractivity contribution in [3.8, 4) is 0 Å². The highest BCUT2D eigenvalue weighted by Gasteiger charge is 2.44. The van der Waals surface area contributed by atoms with Gasteiger partial charge in [0.2, 0.25) is 5.91 Å². The van der Waals surface area contributed by atoms with Gasteiger partial charge < -0.3 is 5.32 Å². The lowest BCUT2D eigenvalue weighted by atomic mass is 9.97. The van der Waals surface area contributed by atoms with Gasteiger partial charge in [0.15, 0.2) is 10.8 Å². The van der Waals surface area contributed by atoms with E-state index in [1.165, 1.54) is 42.6 Å². The molecule has 8 nitrogen and oxygen atoms in total. The van der Waals surface area contributed by atoms with Crippen molar-refractivity contribution in [2.24, 2.45) is 0 Å². The van der Waals surface area contributed by atoms with Gasteiger partial charge in [0.25, 0.3) is 10.0 Å². The predicted molar refractivity (Wildman–Crippen MR) is 139 cm³/mol. The van der Waals surface area contributed by atoms with Crippen LogP contribution in [0.2, 0.25) is 0 Å². The summed E-state index contributed by atoms with van der Waals surface area (Å²) in [5, 5.41) is 4.44. The Bertz CT molecular complexity index is 1260. The molecule has 39 heavy (non-hydrogen) atoms. The van der Waals surface area contributed by atoms with E-state index in [0.717, 1.165) is 18.2 Å². The number of nitrogens with zero attached hydrogens (tertiary/aromatic N) is 2. The van der Waals surface area contributed by atoms with Gasteiger partial charge in [0.05, 0.1) is 18.6 Å². The highest BCUT2D eigenvalue weighted by atomic mass is 79.9. The second-order valence-corrected chi connectivity index (χ2v) is 12.6. The Balaban J connectivity index is 1.79. The number of rotatable bonds is 9. The van der Waals surface area contributed by atoms with E-state index in [1.54, 1.807) is 6.07 Å². The standard InChI is InChI=1S/C25H29BrF4N4O4S/c1-24(2,27)14-19(32-22(25(28,29)30)16-8-10-17(26)11-9-16)23(36)33-18-6-5-13-34(15-20(18)35)39(37,38)21-7-3-4-12-31-21/h3-4,7-12,18-19,22,32H,5-6,13-15H2,1-2H3,(H,33,36)/t18?,19-,22-/m0/s1. The number of aromatic nitrogens is 1. The molecule has 2 aromatic rings. The van der Waals surface area contributed by atoms with Gasteiger partial charge in [-0.1, -0.05) is 34.1 Å². The Labute approximate surface area is 232 Å². The van der Waals surface area contributed by atoms with Crippen LogP contribution in [0.5, 0.6) is 0 Å². The van der Waals surface area contributed by atoms with Crippen molar-refractivity contribution in [3.63, 3.8) is 0 Å². The largest absolute Gasteiger partial charge is 0.407 e. The average molecular weight is 637 g/mol. The van der Waals surface area contributed by atoms with E-state index in [0.29, 0.717) is 4.47 Å². The number of pyridine rings is 1. The van der Waals surface area contributed by atoms with Crippen molar-refractivity contribution >= 4 is 37.6 Å². The molecule has 1 aliphatic heterocycles. The minimum atomic E-state index is -4.81. The minimum absolute atomic E-state index is 0.0179. The first-order valence-corrected chi connectivity index (χ1v) is 14.3. The van der Waals surface area contributed by atoms with Gasteiger partial charge in [0, 0.05) is 23.6 Å². The summed E-state index contributed by atoms with van der Waals surface area (Å²) in [4.78, 5) is 30.0. The molecule has 14 heteroatoms. The number of alkyl halides is 4. The molecular weight excluding hydrogens is 608 g/mol. The molecule has 2 heterocycles. The van der Waals surface area contributed by atoms with Gasteiger partial charge in [0.1, 0.15) is 11.7 Å². The summed E-state index contributed by atoms with van der Waals surface area (Å²) in [6, 6.07) is 4.53. The number of carbonyl (C=O) groups excluding carboxylic acids is 2. The molecule has 1 aromatic heterocycles. The van der Waals surface area contributed by atoms with Crippen molar-refractivity contribution < 1.29 is 35.6 Å². The predicted octanol–water partition coefficient (Wildman–Crippen LogP) is 4.08. The number of Topliss-reactive ketones (excluding diaryl/α,β-unsaturated/α-hetero) is 1. The van der Waals surface area contributed by atoms with Gasteiger partial charge in [-0.3, -0.25) is 14.9 Å². The van der Waals surface area contributed by atoms with Crippen molar-refractivity contribution in [1.82, 2.24) is 19.9 Å². The molecule has 3 atom stereocenters. The lowest BCUT2D eigenvalue weighted by molar-refractivity contribution is -0.161. The van der Waals surface area contributed by atoms with Gasteiger partial charge in [-0.05, 0) is 56.5 Å². The normalized spacial score (nSPS) is 19.3. The Hall–Kier alpha value is -2.42. The summed E-state index contributed by atoms with van der Waals surface area (Å²) in [6.45, 7) is 1.69. The van der Waals surface area contributed by atoms with Crippen molar-refractivity contribution in [2.45, 2.75) is 68.1 Å². The van der Waals surface area contributed by atoms with Gasteiger partial charge in [-0.15, -0.1) is 0 Å². The maximum absolute atomic E-state index is 14.6. The lowest BCUT2D eigenvalue weighted by Gasteiger charge is -2.30. The Morgan fingerprint density at radius 3 is 2.38 bits per heavy atom. The van der Waals surface area contributed by atoms with Crippen molar-refractivity contribution in [1.29, 1.82) is 0 Å². The zero-order valence-corrected chi connectivity index (χ0v) is 23.6. The van der Waals surface area contributed by atoms with E-state index >= 15 is 0 Å². The zero-order valence-electron chi connectivity index (χ0n) is 21.2. The van der Waals surface area contributed by atoms with Crippen LogP contribution in [-0.4, -0.2) is 66.4 Å². The second kappa shape index (κ2) is 12.4. The first-order chi connectivity index (χ1) is 18.1. The van der Waals surface area contributed by atoms with Crippen LogP contribution in [-0.2, 0) is 19.6 Å². The summed E-state index contributed by atoms with van der Waals surface area (Å²) in [7, 11) is -4.08. The van der Waals surface area contributed by atoms with Crippen LogP contribution in [0.3, 0.4) is 0 Å². The molecule has 1 aromatic carbocycles. The second-order valence-electron chi connectivity index (χ2n) is 9.84. The number of benzene rings is 1. The highest BCUT2D eigenvalue weighted by Crippen LogP contribution is 2.34. The van der Waals surface area contributed by atoms with Crippen molar-refractivity contribution in [3.05, 3.63) is 58.7 Å². The molecule has 0 radical (unpaired) electrons. The lowest BCUT2D eigenvalue weighted by Crippen LogP contribution is -2.54. The van der Waals surface area contributed by atoms with Gasteiger partial charge in [-0.25, -0.2) is 17.8 Å². The van der Waals surface area contributed by atoms with Gasteiger partial charge >= 0.3 is 6.18 Å². The molecular formula is C25H29BrF4N4O4S. The maximum atomic E-state index is 14.6. The monoisotopic (exact) mass is 636 g/mol. The third-order valence-corrected chi connectivity index (χ3v) is 8.37. The average Bonchev–Trinajstić information content (AvgIpc) is 3.03. The fourth-order valence-electron chi connectivity index (χ4n) is 4.21. The van der Waals surface area contributed by atoms with Crippen LogP contribution in [0.1, 0.15) is 44.7 Å². The summed E-state index contributed by atoms with van der Waals surface area (Å²) >= 11 is 3.16. The van der Waals surface area contributed by atoms with Crippen LogP contribution in [0, 0.1) is 0 Å². The Morgan fingerprint density at radius 1 is 1.15 bits per heavy atom. The SMILES string of the molecule is CC(C)(F)C[C@H](N[C@@H](c1ccc(Br)cc1)C(F)(F)F)C(=O)NC1CCCN(S(=O)(=O)c2ccccn2)CC1=O. The van der Waals surface area contributed by atoms with E-state index in [2.05, 4.69) is 31.5 Å². The van der Waals surface area contributed by atoms with Crippen LogP contribution in [0.25, 0.3) is 0 Å². The molecule has 0 bridgehead atoms. The topological polar surface area (TPSA) is 108 Å². The van der Waals surface area contributed by atoms with Gasteiger partial charge in [-0.2, -0.15) is 17.5 Å². The molecule has 214 valence electrons. The number of hydrogen-bond donors (Lipinski definition) is 2. The number of halogens is 5. The van der Waals surface area contributed by atoms with Crippen LogP contribution < -0.4 is 10.6 Å². The van der Waals surface area contributed by atoms with Crippen LogP contribution in [0.4, 0.5) is 17.6 Å². The number of amides is 1. The number of sulfonamides is 1. The van der Waals surface area contributed by atoms with E-state index < -0.39 is 64.6 Å². The summed E-state index contributed by atoms with van der Waals surface area (Å²) in [6.07, 6.45) is -3.87. The van der Waals surface area contributed by atoms with E-state index in [1.807, 2.05) is 0 Å². The fourth-order valence-corrected chi connectivity index (χ4v) is 5.85. The molecule has 0 aliphatic carbocycles. The minimum Gasteiger partial charge on any atom is -0.345 e. The first kappa shape index (κ1) is 31.1. The first-order valence-electron chi connectivity index (χ1n) is 12.1. The van der Waals surface area contributed by atoms with Crippen LogP contribution in [0.15, 0.2) is 58.2 Å². The Morgan fingerprint density at radius 2 is 1.82 bits per heavy atom. The third kappa shape index (κ3) is 8.53. The number of nitrogens with one attached hydrogen (secondary N) is 2. The molecule has 1 fully saturated rings. The molecule has 1 amide bonds. The third-order valence-electron chi connectivity index (χ3n) is 6.08. The fraction of sp³-hybridized carbons (Fsp3) is 0.480. The molecule has 0 spiro atoms. The number of hydrogen-bond acceptors (Lipinski definition) is 6. The smallest absolute Gasteiger partial charge is 0.345 e. The van der Waals surface area contributed by atoms with E-state index in [4.69, 9.17) is 0 Å². The van der Waals surface area contributed by atoms with Crippen molar-refractivity contribution in [2.75, 3.05) is 13.1 Å². The maximum Gasteiger partial charge on any atom is 0.407 e. The zero-order chi connectivity index (χ0) is 29.0. The summed E-state index contributed by atoms with van der Waals surface area (Å²) < 4.78 is 84.0. The number of carbonyl (C=O) groups is 2. The van der Waals surface area contributed by atoms with Crippen LogP contribution >= 0.6 is 15.9 Å². The Kier molecular flexibility index (Phi) is 9.89. The molecule has 3 rings (SSSR count). The molecule has 2 N–H and O–H groups in total. The van der Waals surface area contributed by atoms with E-state index in [-0.39, 0.29) is 30.0 Å². The molecule has 1 saturated heterocycles. The van der Waals surface area contributed by atoms with E-state index in [9.17, 15) is 35.6 Å².